The molecule has 126 valence electrons. The third-order valence-electron chi connectivity index (χ3n) is 3.38. The summed E-state index contributed by atoms with van der Waals surface area (Å²) in [5, 5.41) is 5.49. The summed E-state index contributed by atoms with van der Waals surface area (Å²) in [6.45, 7) is 1.74. The number of hydrogen-bond donors (Lipinski definition) is 2. The van der Waals surface area contributed by atoms with Gasteiger partial charge in [-0.05, 0) is 30.3 Å². The van der Waals surface area contributed by atoms with Crippen molar-refractivity contribution in [2.45, 2.75) is 13.5 Å². The number of carbonyl (C=O) groups is 2. The number of amides is 2. The van der Waals surface area contributed by atoms with Gasteiger partial charge >= 0.3 is 0 Å². The Morgan fingerprint density at radius 2 is 1.83 bits per heavy atom. The SMILES string of the molecule is COc1ccc(CNC(=O)c2cccc(NC(C)=O)c2)c(OC)c1. The maximum atomic E-state index is 12.3. The molecule has 6 heteroatoms. The van der Waals surface area contributed by atoms with Crippen LogP contribution in [0.3, 0.4) is 0 Å². The number of hydrogen-bond acceptors (Lipinski definition) is 4. The molecule has 24 heavy (non-hydrogen) atoms. The Kier molecular flexibility index (Phi) is 5.78. The predicted octanol–water partition coefficient (Wildman–Crippen LogP) is 2.59. The van der Waals surface area contributed by atoms with Crippen LogP contribution in [-0.4, -0.2) is 26.0 Å². The molecule has 0 aliphatic heterocycles. The third kappa shape index (κ3) is 4.49. The summed E-state index contributed by atoms with van der Waals surface area (Å²) in [5.74, 6) is 0.905. The second-order valence-corrected chi connectivity index (χ2v) is 5.12. The first-order valence-corrected chi connectivity index (χ1v) is 7.40. The van der Waals surface area contributed by atoms with Crippen LogP contribution >= 0.6 is 0 Å². The average Bonchev–Trinajstić information content (AvgIpc) is 2.59. The first kappa shape index (κ1) is 17.3. The quantitative estimate of drug-likeness (QED) is 0.854. The highest BCUT2D eigenvalue weighted by atomic mass is 16.5. The molecule has 0 aromatic heterocycles. The molecule has 2 aromatic rings. The van der Waals surface area contributed by atoms with Gasteiger partial charge < -0.3 is 20.1 Å². The molecule has 0 bridgehead atoms. The van der Waals surface area contributed by atoms with Gasteiger partial charge in [-0.2, -0.15) is 0 Å². The van der Waals surface area contributed by atoms with Crippen LogP contribution in [0.4, 0.5) is 5.69 Å². The van der Waals surface area contributed by atoms with Crippen molar-refractivity contribution in [3.8, 4) is 11.5 Å². The molecule has 0 spiro atoms. The van der Waals surface area contributed by atoms with Crippen LogP contribution in [0.15, 0.2) is 42.5 Å². The molecule has 0 unspecified atom stereocenters. The summed E-state index contributed by atoms with van der Waals surface area (Å²) in [4.78, 5) is 23.4. The van der Waals surface area contributed by atoms with Gasteiger partial charge in [0.25, 0.3) is 5.91 Å². The van der Waals surface area contributed by atoms with E-state index in [-0.39, 0.29) is 11.8 Å². The Morgan fingerprint density at radius 3 is 2.50 bits per heavy atom. The molecular formula is C18H20N2O4. The van der Waals surface area contributed by atoms with Crippen LogP contribution in [0.25, 0.3) is 0 Å². The summed E-state index contributed by atoms with van der Waals surface area (Å²) >= 11 is 0. The summed E-state index contributed by atoms with van der Waals surface area (Å²) < 4.78 is 10.5. The van der Waals surface area contributed by atoms with Crippen molar-refractivity contribution >= 4 is 17.5 Å². The van der Waals surface area contributed by atoms with Gasteiger partial charge in [-0.15, -0.1) is 0 Å². The number of rotatable bonds is 6. The normalized spacial score (nSPS) is 9.96. The maximum absolute atomic E-state index is 12.3. The van der Waals surface area contributed by atoms with E-state index in [2.05, 4.69) is 10.6 Å². The fourth-order valence-corrected chi connectivity index (χ4v) is 2.22. The molecule has 0 saturated heterocycles. The highest BCUT2D eigenvalue weighted by Gasteiger charge is 2.09. The maximum Gasteiger partial charge on any atom is 0.251 e. The van der Waals surface area contributed by atoms with E-state index in [0.29, 0.717) is 29.3 Å². The van der Waals surface area contributed by atoms with E-state index in [4.69, 9.17) is 9.47 Å². The van der Waals surface area contributed by atoms with Crippen molar-refractivity contribution in [3.05, 3.63) is 53.6 Å². The smallest absolute Gasteiger partial charge is 0.251 e. The lowest BCUT2D eigenvalue weighted by molar-refractivity contribution is -0.114. The van der Waals surface area contributed by atoms with Crippen molar-refractivity contribution in [2.24, 2.45) is 0 Å². The van der Waals surface area contributed by atoms with Crippen molar-refractivity contribution < 1.29 is 19.1 Å². The highest BCUT2D eigenvalue weighted by Crippen LogP contribution is 2.24. The fraction of sp³-hybridized carbons (Fsp3) is 0.222. The van der Waals surface area contributed by atoms with Crippen molar-refractivity contribution in [1.29, 1.82) is 0 Å². The van der Waals surface area contributed by atoms with E-state index in [1.54, 1.807) is 50.6 Å². The Morgan fingerprint density at radius 1 is 1.04 bits per heavy atom. The molecule has 2 amide bonds. The molecule has 2 N–H and O–H groups in total. The monoisotopic (exact) mass is 328 g/mol. The first-order chi connectivity index (χ1) is 11.5. The molecule has 0 fully saturated rings. The van der Waals surface area contributed by atoms with Gasteiger partial charge in [0, 0.05) is 36.3 Å². The van der Waals surface area contributed by atoms with E-state index >= 15 is 0 Å². The Labute approximate surface area is 140 Å². The second kappa shape index (κ2) is 8.01. The zero-order valence-corrected chi connectivity index (χ0v) is 13.9. The van der Waals surface area contributed by atoms with Crippen molar-refractivity contribution in [3.63, 3.8) is 0 Å². The molecule has 0 atom stereocenters. The highest BCUT2D eigenvalue weighted by molar-refractivity contribution is 5.96. The first-order valence-electron chi connectivity index (χ1n) is 7.40. The number of anilines is 1. The van der Waals surface area contributed by atoms with E-state index in [0.717, 1.165) is 5.56 Å². The molecular weight excluding hydrogens is 308 g/mol. The van der Waals surface area contributed by atoms with Crippen LogP contribution in [-0.2, 0) is 11.3 Å². The van der Waals surface area contributed by atoms with Crippen LogP contribution < -0.4 is 20.1 Å². The van der Waals surface area contributed by atoms with Gasteiger partial charge in [0.05, 0.1) is 14.2 Å². The number of methoxy groups -OCH3 is 2. The van der Waals surface area contributed by atoms with Crippen LogP contribution in [0.2, 0.25) is 0 Å². The van der Waals surface area contributed by atoms with Gasteiger partial charge in [-0.3, -0.25) is 9.59 Å². The lowest BCUT2D eigenvalue weighted by Gasteiger charge is -2.12. The fourth-order valence-electron chi connectivity index (χ4n) is 2.22. The van der Waals surface area contributed by atoms with Crippen LogP contribution in [0.1, 0.15) is 22.8 Å². The summed E-state index contributed by atoms with van der Waals surface area (Å²) in [5.41, 5.74) is 1.88. The molecule has 0 heterocycles. The van der Waals surface area contributed by atoms with Gasteiger partial charge in [-0.25, -0.2) is 0 Å². The summed E-state index contributed by atoms with van der Waals surface area (Å²) in [7, 11) is 3.15. The molecule has 0 aliphatic carbocycles. The molecule has 6 nitrogen and oxygen atoms in total. The van der Waals surface area contributed by atoms with Crippen molar-refractivity contribution in [2.75, 3.05) is 19.5 Å². The topological polar surface area (TPSA) is 76.7 Å². The minimum absolute atomic E-state index is 0.185. The second-order valence-electron chi connectivity index (χ2n) is 5.12. The Bertz CT molecular complexity index is 744. The van der Waals surface area contributed by atoms with E-state index < -0.39 is 0 Å². The van der Waals surface area contributed by atoms with Crippen molar-refractivity contribution in [1.82, 2.24) is 5.32 Å². The van der Waals surface area contributed by atoms with E-state index in [9.17, 15) is 9.59 Å². The average molecular weight is 328 g/mol. The van der Waals surface area contributed by atoms with E-state index in [1.165, 1.54) is 6.92 Å². The van der Waals surface area contributed by atoms with Gasteiger partial charge in [-0.1, -0.05) is 6.07 Å². The summed E-state index contributed by atoms with van der Waals surface area (Å²) in [6.07, 6.45) is 0. The standard InChI is InChI=1S/C18H20N2O4/c1-12(21)20-15-6-4-5-13(9-15)18(22)19-11-14-7-8-16(23-2)10-17(14)24-3/h4-10H,11H2,1-3H3,(H,19,22)(H,20,21). The predicted molar refractivity (Wildman–Crippen MR) is 91.5 cm³/mol. The molecule has 0 aliphatic rings. The molecule has 2 rings (SSSR count). The number of nitrogens with one attached hydrogen (secondary N) is 2. The zero-order chi connectivity index (χ0) is 17.5. The van der Waals surface area contributed by atoms with E-state index in [1.807, 2.05) is 6.07 Å². The molecule has 0 radical (unpaired) electrons. The van der Waals surface area contributed by atoms with Gasteiger partial charge in [0.15, 0.2) is 0 Å². The number of benzene rings is 2. The Balaban J connectivity index is 2.07. The molecule has 2 aromatic carbocycles. The minimum atomic E-state index is -0.236. The third-order valence-corrected chi connectivity index (χ3v) is 3.38. The Hall–Kier alpha value is -3.02. The van der Waals surface area contributed by atoms with Gasteiger partial charge in [0.2, 0.25) is 5.91 Å². The largest absolute Gasteiger partial charge is 0.497 e. The van der Waals surface area contributed by atoms with Crippen LogP contribution in [0.5, 0.6) is 11.5 Å². The van der Waals surface area contributed by atoms with Crippen LogP contribution in [0, 0.1) is 0 Å². The molecule has 0 saturated carbocycles. The van der Waals surface area contributed by atoms with Gasteiger partial charge in [0.1, 0.15) is 11.5 Å². The number of carbonyl (C=O) groups excluding carboxylic acids is 2. The minimum Gasteiger partial charge on any atom is -0.497 e. The zero-order valence-electron chi connectivity index (χ0n) is 13.9. The lowest BCUT2D eigenvalue weighted by Crippen LogP contribution is -2.23. The number of ether oxygens (including phenoxy) is 2. The summed E-state index contributed by atoms with van der Waals surface area (Å²) in [6, 6.07) is 12.2. The lowest BCUT2D eigenvalue weighted by atomic mass is 10.1.